The van der Waals surface area contributed by atoms with Gasteiger partial charge in [0.25, 0.3) is 0 Å². The summed E-state index contributed by atoms with van der Waals surface area (Å²) >= 11 is 0. The fourth-order valence-electron chi connectivity index (χ4n) is 1.56. The van der Waals surface area contributed by atoms with Crippen LogP contribution in [0, 0.1) is 5.95 Å². The lowest BCUT2D eigenvalue weighted by atomic mass is 10.1. The molecule has 0 radical (unpaired) electrons. The van der Waals surface area contributed by atoms with E-state index in [9.17, 15) is 14.0 Å². The highest BCUT2D eigenvalue weighted by Gasteiger charge is 2.22. The van der Waals surface area contributed by atoms with Gasteiger partial charge in [0.05, 0.1) is 6.54 Å². The second-order valence-electron chi connectivity index (χ2n) is 5.40. The van der Waals surface area contributed by atoms with E-state index in [1.165, 1.54) is 18.3 Å². The van der Waals surface area contributed by atoms with Crippen molar-refractivity contribution in [3.05, 3.63) is 35.9 Å². The number of pyridine rings is 1. The second kappa shape index (κ2) is 9.71. The van der Waals surface area contributed by atoms with Crippen molar-refractivity contribution >= 4 is 18.1 Å². The lowest BCUT2D eigenvalue weighted by Crippen LogP contribution is -2.36. The van der Waals surface area contributed by atoms with Gasteiger partial charge in [-0.25, -0.2) is 14.7 Å². The molecule has 0 saturated carbocycles. The minimum atomic E-state index is -0.730. The molecular weight excluding hydrogens is 299 g/mol. The van der Waals surface area contributed by atoms with Gasteiger partial charge in [-0.3, -0.25) is 4.79 Å². The first-order valence-electron chi connectivity index (χ1n) is 7.49. The third kappa shape index (κ3) is 7.54. The molecule has 0 aliphatic rings. The van der Waals surface area contributed by atoms with Gasteiger partial charge in [0.2, 0.25) is 12.4 Å². The Kier molecular flexibility index (Phi) is 8.77. The molecule has 0 aliphatic heterocycles. The molecule has 1 rings (SSSR count). The molecule has 0 aromatic carbocycles. The minimum Gasteiger partial charge on any atom is -0.443 e. The van der Waals surface area contributed by atoms with Crippen LogP contribution in [0.1, 0.15) is 47.1 Å². The number of imide groups is 1. The van der Waals surface area contributed by atoms with Gasteiger partial charge >= 0.3 is 6.09 Å². The van der Waals surface area contributed by atoms with E-state index in [-0.39, 0.29) is 6.54 Å². The van der Waals surface area contributed by atoms with Crippen LogP contribution in [0.4, 0.5) is 9.18 Å². The quantitative estimate of drug-likeness (QED) is 0.619. The number of aromatic nitrogens is 1. The average molecular weight is 324 g/mol. The van der Waals surface area contributed by atoms with Gasteiger partial charge in [0, 0.05) is 6.20 Å². The van der Waals surface area contributed by atoms with Crippen LogP contribution in [0.2, 0.25) is 0 Å². The Bertz CT molecular complexity index is 534. The van der Waals surface area contributed by atoms with Gasteiger partial charge in [-0.05, 0) is 51.0 Å². The number of amides is 2. The maximum absolute atomic E-state index is 12.8. The Labute approximate surface area is 137 Å². The molecule has 23 heavy (non-hydrogen) atoms. The second-order valence-corrected chi connectivity index (χ2v) is 5.40. The molecule has 1 aromatic heterocycles. The fourth-order valence-corrected chi connectivity index (χ4v) is 1.56. The van der Waals surface area contributed by atoms with Crippen molar-refractivity contribution in [3.63, 3.8) is 0 Å². The predicted octanol–water partition coefficient (Wildman–Crippen LogP) is 4.04. The summed E-state index contributed by atoms with van der Waals surface area (Å²) < 4.78 is 18.0. The molecule has 0 N–H and O–H groups in total. The van der Waals surface area contributed by atoms with Crippen LogP contribution in [0.15, 0.2) is 24.4 Å². The van der Waals surface area contributed by atoms with Gasteiger partial charge in [-0.15, -0.1) is 0 Å². The number of allylic oxidation sites excluding steroid dienone is 1. The summed E-state index contributed by atoms with van der Waals surface area (Å²) in [6.45, 7) is 10.9. The highest BCUT2D eigenvalue weighted by Crippen LogP contribution is 2.16. The number of carbonyl (C=O) groups excluding carboxylic acids is 2. The first-order chi connectivity index (χ1) is 10.8. The Balaban J connectivity index is 0.00000232. The maximum Gasteiger partial charge on any atom is 0.417 e. The average Bonchev–Trinajstić information content (AvgIpc) is 2.50. The van der Waals surface area contributed by atoms with Crippen LogP contribution in [-0.4, -0.2) is 34.5 Å². The molecule has 6 heteroatoms. The highest BCUT2D eigenvalue weighted by atomic mass is 19.1. The van der Waals surface area contributed by atoms with E-state index < -0.39 is 17.6 Å². The third-order valence-electron chi connectivity index (χ3n) is 2.54. The van der Waals surface area contributed by atoms with E-state index in [4.69, 9.17) is 4.74 Å². The molecule has 1 aromatic rings. The summed E-state index contributed by atoms with van der Waals surface area (Å²) in [5, 5.41) is 0. The first-order valence-corrected chi connectivity index (χ1v) is 7.49. The van der Waals surface area contributed by atoms with E-state index in [2.05, 4.69) is 4.98 Å². The number of hydrogen-bond donors (Lipinski definition) is 0. The summed E-state index contributed by atoms with van der Waals surface area (Å²) in [6.07, 6.45) is 2.76. The SMILES string of the molecule is C/C=C(\CN(C=O)C(=O)OC(C)(C)C)c1ccc(F)nc1.CC. The van der Waals surface area contributed by atoms with Gasteiger partial charge in [-0.2, -0.15) is 4.39 Å². The zero-order valence-electron chi connectivity index (χ0n) is 14.6. The van der Waals surface area contributed by atoms with Crippen molar-refractivity contribution in [1.29, 1.82) is 0 Å². The number of rotatable bonds is 4. The van der Waals surface area contributed by atoms with Crippen molar-refractivity contribution in [2.75, 3.05) is 6.54 Å². The Morgan fingerprint density at radius 3 is 2.35 bits per heavy atom. The monoisotopic (exact) mass is 324 g/mol. The molecule has 0 aliphatic carbocycles. The number of nitrogens with zero attached hydrogens (tertiary/aromatic N) is 2. The van der Waals surface area contributed by atoms with Crippen LogP contribution in [-0.2, 0) is 9.53 Å². The van der Waals surface area contributed by atoms with Gasteiger partial charge < -0.3 is 4.74 Å². The third-order valence-corrected chi connectivity index (χ3v) is 2.54. The molecule has 1 heterocycles. The zero-order chi connectivity index (χ0) is 18.0. The van der Waals surface area contributed by atoms with Crippen LogP contribution in [0.25, 0.3) is 5.57 Å². The normalized spacial score (nSPS) is 11.2. The number of ether oxygens (including phenoxy) is 1. The van der Waals surface area contributed by atoms with Crippen LogP contribution in [0.5, 0.6) is 0 Å². The van der Waals surface area contributed by atoms with Crippen molar-refractivity contribution in [2.24, 2.45) is 0 Å². The van der Waals surface area contributed by atoms with Crippen molar-refractivity contribution < 1.29 is 18.7 Å². The lowest BCUT2D eigenvalue weighted by molar-refractivity contribution is -0.117. The van der Waals surface area contributed by atoms with Crippen LogP contribution >= 0.6 is 0 Å². The summed E-state index contributed by atoms with van der Waals surface area (Å²) in [4.78, 5) is 27.5. The zero-order valence-corrected chi connectivity index (χ0v) is 14.6. The molecule has 0 fully saturated rings. The van der Waals surface area contributed by atoms with E-state index >= 15 is 0 Å². The van der Waals surface area contributed by atoms with Crippen molar-refractivity contribution in [2.45, 2.75) is 47.1 Å². The minimum absolute atomic E-state index is 0.0300. The molecule has 0 atom stereocenters. The predicted molar refractivity (Wildman–Crippen MR) is 88.2 cm³/mol. The maximum atomic E-state index is 12.8. The van der Waals surface area contributed by atoms with E-state index in [0.717, 1.165) is 4.90 Å². The molecule has 128 valence electrons. The number of carbonyl (C=O) groups is 2. The van der Waals surface area contributed by atoms with E-state index in [1.54, 1.807) is 33.8 Å². The Hall–Kier alpha value is -2.24. The van der Waals surface area contributed by atoms with Gasteiger partial charge in [-0.1, -0.05) is 19.9 Å². The van der Waals surface area contributed by atoms with Crippen LogP contribution < -0.4 is 0 Å². The fraction of sp³-hybridized carbons (Fsp3) is 0.471. The summed E-state index contributed by atoms with van der Waals surface area (Å²) in [7, 11) is 0. The largest absolute Gasteiger partial charge is 0.443 e. The summed E-state index contributed by atoms with van der Waals surface area (Å²) in [6, 6.07) is 2.76. The molecule has 0 bridgehead atoms. The standard InChI is InChI=1S/C15H19FN2O3.C2H6/c1-5-11(12-6-7-13(16)17-8-12)9-18(10-19)14(20)21-15(2,3)4;1-2/h5-8,10H,9H2,1-4H3;1-2H3/b11-5+;. The van der Waals surface area contributed by atoms with Crippen LogP contribution in [0.3, 0.4) is 0 Å². The topological polar surface area (TPSA) is 59.5 Å². The molecular formula is C17H25FN2O3. The van der Waals surface area contributed by atoms with Crippen molar-refractivity contribution in [3.8, 4) is 0 Å². The van der Waals surface area contributed by atoms with E-state index in [0.29, 0.717) is 17.5 Å². The Morgan fingerprint density at radius 1 is 1.35 bits per heavy atom. The molecule has 0 spiro atoms. The lowest BCUT2D eigenvalue weighted by Gasteiger charge is -2.24. The summed E-state index contributed by atoms with van der Waals surface area (Å²) in [5.74, 6) is -0.589. The molecule has 5 nitrogen and oxygen atoms in total. The molecule has 0 saturated heterocycles. The van der Waals surface area contributed by atoms with Gasteiger partial charge in [0.1, 0.15) is 5.60 Å². The number of hydrogen-bond acceptors (Lipinski definition) is 4. The summed E-state index contributed by atoms with van der Waals surface area (Å²) in [5.41, 5.74) is 0.612. The van der Waals surface area contributed by atoms with Crippen molar-refractivity contribution in [1.82, 2.24) is 9.88 Å². The highest BCUT2D eigenvalue weighted by molar-refractivity contribution is 5.83. The van der Waals surface area contributed by atoms with Gasteiger partial charge in [0.15, 0.2) is 0 Å². The molecule has 2 amide bonds. The number of halogens is 1. The first kappa shape index (κ1) is 20.8. The molecule has 0 unspecified atom stereocenters. The van der Waals surface area contributed by atoms with E-state index in [1.807, 2.05) is 13.8 Å². The Morgan fingerprint density at radius 2 is 1.96 bits per heavy atom. The smallest absolute Gasteiger partial charge is 0.417 e.